The molecule has 1 atom stereocenters. The number of hydrogen-bond donors (Lipinski definition) is 3. The summed E-state index contributed by atoms with van der Waals surface area (Å²) >= 11 is 0. The van der Waals surface area contributed by atoms with E-state index in [1.54, 1.807) is 6.20 Å². The molecular formula is C13H14N4O2. The Bertz CT molecular complexity index is 634. The molecule has 1 aromatic carbocycles. The van der Waals surface area contributed by atoms with Gasteiger partial charge in [-0.25, -0.2) is 0 Å². The lowest BCUT2D eigenvalue weighted by atomic mass is 10.1. The summed E-state index contributed by atoms with van der Waals surface area (Å²) in [6, 6.07) is 5.47. The largest absolute Gasteiger partial charge is 0.350 e. The molecule has 0 saturated carbocycles. The zero-order valence-corrected chi connectivity index (χ0v) is 10.3. The molecule has 0 bridgehead atoms. The van der Waals surface area contributed by atoms with Crippen molar-refractivity contribution >= 4 is 22.7 Å². The smallest absolute Gasteiger partial charge is 0.242 e. The van der Waals surface area contributed by atoms with Crippen LogP contribution >= 0.6 is 0 Å². The van der Waals surface area contributed by atoms with E-state index in [0.717, 1.165) is 16.5 Å². The molecule has 0 radical (unpaired) electrons. The fourth-order valence-electron chi connectivity index (χ4n) is 2.22. The molecule has 1 unspecified atom stereocenters. The maximum atomic E-state index is 11.8. The predicted molar refractivity (Wildman–Crippen MR) is 69.1 cm³/mol. The van der Waals surface area contributed by atoms with Crippen LogP contribution < -0.4 is 10.6 Å². The summed E-state index contributed by atoms with van der Waals surface area (Å²) < 4.78 is 0. The van der Waals surface area contributed by atoms with Crippen molar-refractivity contribution in [1.82, 2.24) is 20.8 Å². The van der Waals surface area contributed by atoms with Crippen LogP contribution in [0.2, 0.25) is 0 Å². The van der Waals surface area contributed by atoms with Crippen LogP contribution in [0, 0.1) is 0 Å². The van der Waals surface area contributed by atoms with Crippen molar-refractivity contribution in [2.24, 2.45) is 0 Å². The SMILES string of the molecule is O=C1CCC(C(=O)NCc2ccc3cn[nH]c3c2)N1. The molecule has 3 N–H and O–H groups in total. The first-order valence-corrected chi connectivity index (χ1v) is 6.21. The van der Waals surface area contributed by atoms with Crippen LogP contribution in [0.1, 0.15) is 18.4 Å². The number of carbonyl (C=O) groups excluding carboxylic acids is 2. The number of aromatic amines is 1. The van der Waals surface area contributed by atoms with E-state index in [1.807, 2.05) is 18.2 Å². The Morgan fingerprint density at radius 1 is 1.47 bits per heavy atom. The lowest BCUT2D eigenvalue weighted by Crippen LogP contribution is -2.41. The minimum atomic E-state index is -0.386. The van der Waals surface area contributed by atoms with Crippen molar-refractivity contribution in [3.05, 3.63) is 30.0 Å². The number of hydrogen-bond acceptors (Lipinski definition) is 3. The van der Waals surface area contributed by atoms with Gasteiger partial charge in [0, 0.05) is 18.4 Å². The molecule has 2 amide bonds. The predicted octanol–water partition coefficient (Wildman–Crippen LogP) is 0.458. The van der Waals surface area contributed by atoms with Gasteiger partial charge < -0.3 is 10.6 Å². The van der Waals surface area contributed by atoms with Crippen molar-refractivity contribution in [3.63, 3.8) is 0 Å². The lowest BCUT2D eigenvalue weighted by Gasteiger charge is -2.10. The zero-order chi connectivity index (χ0) is 13.2. The van der Waals surface area contributed by atoms with Crippen LogP contribution in [0.5, 0.6) is 0 Å². The molecular weight excluding hydrogens is 244 g/mol. The zero-order valence-electron chi connectivity index (χ0n) is 10.3. The second kappa shape index (κ2) is 4.72. The topological polar surface area (TPSA) is 86.9 Å². The van der Waals surface area contributed by atoms with E-state index in [-0.39, 0.29) is 17.9 Å². The third-order valence-electron chi connectivity index (χ3n) is 3.28. The number of rotatable bonds is 3. The number of fused-ring (bicyclic) bond motifs is 1. The van der Waals surface area contributed by atoms with Crippen molar-refractivity contribution in [2.45, 2.75) is 25.4 Å². The number of nitrogens with zero attached hydrogens (tertiary/aromatic N) is 1. The summed E-state index contributed by atoms with van der Waals surface area (Å²) in [5.41, 5.74) is 1.94. The second-order valence-electron chi connectivity index (χ2n) is 4.67. The Morgan fingerprint density at radius 2 is 2.37 bits per heavy atom. The number of amides is 2. The quantitative estimate of drug-likeness (QED) is 0.747. The summed E-state index contributed by atoms with van der Waals surface area (Å²) in [7, 11) is 0. The molecule has 1 saturated heterocycles. The van der Waals surface area contributed by atoms with Gasteiger partial charge in [-0.15, -0.1) is 0 Å². The van der Waals surface area contributed by atoms with Crippen LogP contribution in [0.3, 0.4) is 0 Å². The van der Waals surface area contributed by atoms with E-state index in [9.17, 15) is 9.59 Å². The molecule has 1 aliphatic rings. The normalized spacial score (nSPS) is 18.5. The van der Waals surface area contributed by atoms with E-state index in [4.69, 9.17) is 0 Å². The highest BCUT2D eigenvalue weighted by atomic mass is 16.2. The number of nitrogens with one attached hydrogen (secondary N) is 3. The average molecular weight is 258 g/mol. The monoisotopic (exact) mass is 258 g/mol. The summed E-state index contributed by atoms with van der Waals surface area (Å²) in [5, 5.41) is 13.4. The number of H-pyrrole nitrogens is 1. The second-order valence-corrected chi connectivity index (χ2v) is 4.67. The molecule has 6 heteroatoms. The Morgan fingerprint density at radius 3 is 3.16 bits per heavy atom. The maximum absolute atomic E-state index is 11.8. The van der Waals surface area contributed by atoms with Gasteiger partial charge in [-0.2, -0.15) is 5.10 Å². The summed E-state index contributed by atoms with van der Waals surface area (Å²) in [6.45, 7) is 0.445. The maximum Gasteiger partial charge on any atom is 0.242 e. The molecule has 98 valence electrons. The minimum Gasteiger partial charge on any atom is -0.350 e. The van der Waals surface area contributed by atoms with Gasteiger partial charge in [0.05, 0.1) is 11.7 Å². The molecule has 0 aliphatic carbocycles. The Kier molecular flexibility index (Phi) is 2.91. The van der Waals surface area contributed by atoms with Gasteiger partial charge in [-0.1, -0.05) is 12.1 Å². The fraction of sp³-hybridized carbons (Fsp3) is 0.308. The molecule has 6 nitrogen and oxygen atoms in total. The number of carbonyl (C=O) groups is 2. The summed E-state index contributed by atoms with van der Waals surface area (Å²) in [4.78, 5) is 22.9. The first kappa shape index (κ1) is 11.7. The number of aromatic nitrogens is 2. The van der Waals surface area contributed by atoms with Crippen molar-refractivity contribution in [3.8, 4) is 0 Å². The van der Waals surface area contributed by atoms with E-state index >= 15 is 0 Å². The summed E-state index contributed by atoms with van der Waals surface area (Å²) in [6.07, 6.45) is 2.76. The molecule has 0 spiro atoms. The molecule has 1 fully saturated rings. The number of benzene rings is 1. The fourth-order valence-corrected chi connectivity index (χ4v) is 2.22. The minimum absolute atomic E-state index is 0.0565. The molecule has 1 aromatic heterocycles. The van der Waals surface area contributed by atoms with Gasteiger partial charge in [0.1, 0.15) is 6.04 Å². The van der Waals surface area contributed by atoms with E-state index in [2.05, 4.69) is 20.8 Å². The average Bonchev–Trinajstić information content (AvgIpc) is 3.03. The lowest BCUT2D eigenvalue weighted by molar-refractivity contribution is -0.125. The van der Waals surface area contributed by atoms with Crippen LogP contribution in [0.15, 0.2) is 24.4 Å². The van der Waals surface area contributed by atoms with Gasteiger partial charge in [0.15, 0.2) is 0 Å². The van der Waals surface area contributed by atoms with Crippen molar-refractivity contribution < 1.29 is 9.59 Å². The Balaban J connectivity index is 1.62. The molecule has 3 rings (SSSR count). The molecule has 2 aromatic rings. The Labute approximate surface area is 109 Å². The van der Waals surface area contributed by atoms with Crippen LogP contribution in [-0.4, -0.2) is 28.1 Å². The van der Waals surface area contributed by atoms with Crippen LogP contribution in [0.4, 0.5) is 0 Å². The van der Waals surface area contributed by atoms with Gasteiger partial charge in [0.2, 0.25) is 11.8 Å². The molecule has 1 aliphatic heterocycles. The third-order valence-corrected chi connectivity index (χ3v) is 3.28. The first-order valence-electron chi connectivity index (χ1n) is 6.21. The van der Waals surface area contributed by atoms with Crippen LogP contribution in [-0.2, 0) is 16.1 Å². The summed E-state index contributed by atoms with van der Waals surface area (Å²) in [5.74, 6) is -0.186. The highest BCUT2D eigenvalue weighted by molar-refractivity contribution is 5.90. The molecule has 19 heavy (non-hydrogen) atoms. The van der Waals surface area contributed by atoms with E-state index in [1.165, 1.54) is 0 Å². The first-order chi connectivity index (χ1) is 9.22. The van der Waals surface area contributed by atoms with Gasteiger partial charge >= 0.3 is 0 Å². The third kappa shape index (κ3) is 2.42. The van der Waals surface area contributed by atoms with Gasteiger partial charge in [-0.3, -0.25) is 14.7 Å². The Hall–Kier alpha value is -2.37. The molecule has 2 heterocycles. The van der Waals surface area contributed by atoms with Crippen LogP contribution in [0.25, 0.3) is 10.9 Å². The van der Waals surface area contributed by atoms with Crippen molar-refractivity contribution in [2.75, 3.05) is 0 Å². The van der Waals surface area contributed by atoms with E-state index in [0.29, 0.717) is 19.4 Å². The van der Waals surface area contributed by atoms with Gasteiger partial charge in [0.25, 0.3) is 0 Å². The standard InChI is InChI=1S/C13H14N4O2/c18-12-4-3-10(16-12)13(19)14-6-8-1-2-9-7-15-17-11(9)5-8/h1-2,5,7,10H,3-4,6H2,(H,14,19)(H,15,17)(H,16,18). The van der Waals surface area contributed by atoms with E-state index < -0.39 is 0 Å². The van der Waals surface area contributed by atoms with Crippen molar-refractivity contribution in [1.29, 1.82) is 0 Å². The highest BCUT2D eigenvalue weighted by Gasteiger charge is 2.26. The highest BCUT2D eigenvalue weighted by Crippen LogP contribution is 2.13. The van der Waals surface area contributed by atoms with Gasteiger partial charge in [-0.05, 0) is 18.1 Å².